The number of anilines is 1. The topological polar surface area (TPSA) is 45.7 Å². The maximum atomic E-state index is 13.5. The van der Waals surface area contributed by atoms with Crippen molar-refractivity contribution in [3.05, 3.63) is 56.0 Å². The molecule has 158 valence electrons. The molecule has 1 amide bonds. The molecule has 0 unspecified atom stereocenters. The summed E-state index contributed by atoms with van der Waals surface area (Å²) in [6, 6.07) is 9.11. The molecule has 1 saturated heterocycles. The molecule has 9 heteroatoms. The average molecular weight is 529 g/mol. The normalized spacial score (nSPS) is 14.9. The van der Waals surface area contributed by atoms with E-state index in [-0.39, 0.29) is 5.91 Å². The molecule has 2 aromatic carbocycles. The Kier molecular flexibility index (Phi) is 6.97. The highest BCUT2D eigenvalue weighted by molar-refractivity contribution is 9.10. The first-order valence-corrected chi connectivity index (χ1v) is 11.9. The summed E-state index contributed by atoms with van der Waals surface area (Å²) in [6.07, 6.45) is 0. The third kappa shape index (κ3) is 4.66. The molecule has 1 aliphatic heterocycles. The molecular weight excluding hydrogens is 509 g/mol. The molecular formula is C21H20BrCl2N3O2S. The van der Waals surface area contributed by atoms with Gasteiger partial charge in [-0.3, -0.25) is 14.6 Å². The van der Waals surface area contributed by atoms with Crippen molar-refractivity contribution >= 4 is 71.7 Å². The van der Waals surface area contributed by atoms with Crippen molar-refractivity contribution in [1.29, 1.82) is 0 Å². The first kappa shape index (κ1) is 22.0. The molecule has 0 bridgehead atoms. The van der Waals surface area contributed by atoms with Gasteiger partial charge in [0.2, 0.25) is 0 Å². The Morgan fingerprint density at radius 2 is 1.97 bits per heavy atom. The highest BCUT2D eigenvalue weighted by Gasteiger charge is 2.25. The van der Waals surface area contributed by atoms with Crippen LogP contribution in [-0.4, -0.2) is 55.2 Å². The average Bonchev–Trinajstić information content (AvgIpc) is 3.18. The molecule has 0 saturated carbocycles. The zero-order valence-electron chi connectivity index (χ0n) is 16.3. The maximum Gasteiger partial charge on any atom is 0.261 e. The van der Waals surface area contributed by atoms with E-state index < -0.39 is 0 Å². The van der Waals surface area contributed by atoms with E-state index in [9.17, 15) is 4.79 Å². The van der Waals surface area contributed by atoms with Crippen LogP contribution in [0.4, 0.5) is 5.13 Å². The minimum absolute atomic E-state index is 0.169. The van der Waals surface area contributed by atoms with Crippen molar-refractivity contribution in [2.75, 3.05) is 44.3 Å². The van der Waals surface area contributed by atoms with Gasteiger partial charge in [-0.05, 0) is 42.8 Å². The van der Waals surface area contributed by atoms with Gasteiger partial charge < -0.3 is 4.74 Å². The van der Waals surface area contributed by atoms with Gasteiger partial charge in [-0.2, -0.15) is 0 Å². The van der Waals surface area contributed by atoms with E-state index in [1.807, 2.05) is 25.1 Å². The third-order valence-corrected chi connectivity index (χ3v) is 7.39. The van der Waals surface area contributed by atoms with E-state index in [2.05, 4.69) is 20.8 Å². The number of fused-ring (bicyclic) bond motifs is 1. The molecule has 0 atom stereocenters. The number of carbonyl (C=O) groups is 1. The monoisotopic (exact) mass is 527 g/mol. The molecule has 0 aliphatic carbocycles. The Balaban J connectivity index is 1.70. The lowest BCUT2D eigenvalue weighted by atomic mass is 10.2. The largest absolute Gasteiger partial charge is 0.379 e. The molecule has 0 spiro atoms. The van der Waals surface area contributed by atoms with Crippen molar-refractivity contribution in [2.24, 2.45) is 0 Å². The quantitative estimate of drug-likeness (QED) is 0.429. The molecule has 4 rings (SSSR count). The van der Waals surface area contributed by atoms with Crippen LogP contribution < -0.4 is 4.90 Å². The molecule has 2 heterocycles. The number of nitrogens with zero attached hydrogens (tertiary/aromatic N) is 3. The molecule has 0 N–H and O–H groups in total. The highest BCUT2D eigenvalue weighted by atomic mass is 79.9. The first-order valence-electron chi connectivity index (χ1n) is 9.56. The smallest absolute Gasteiger partial charge is 0.261 e. The van der Waals surface area contributed by atoms with Crippen molar-refractivity contribution in [3.8, 4) is 0 Å². The number of amides is 1. The van der Waals surface area contributed by atoms with E-state index in [4.69, 9.17) is 32.9 Å². The lowest BCUT2D eigenvalue weighted by Crippen LogP contribution is -2.43. The number of benzene rings is 2. The van der Waals surface area contributed by atoms with E-state index >= 15 is 0 Å². The lowest BCUT2D eigenvalue weighted by molar-refractivity contribution is 0.0391. The summed E-state index contributed by atoms with van der Waals surface area (Å²) >= 11 is 17.6. The van der Waals surface area contributed by atoms with Crippen molar-refractivity contribution < 1.29 is 9.53 Å². The van der Waals surface area contributed by atoms with E-state index in [1.165, 1.54) is 11.3 Å². The summed E-state index contributed by atoms with van der Waals surface area (Å²) in [5.41, 5.74) is 2.19. The van der Waals surface area contributed by atoms with Gasteiger partial charge in [0.25, 0.3) is 5.91 Å². The zero-order chi connectivity index (χ0) is 21.3. The fraction of sp³-hybridized carbons (Fsp3) is 0.333. The Hall–Kier alpha value is -1.22. The number of aromatic nitrogens is 1. The predicted octanol–water partition coefficient (Wildman–Crippen LogP) is 5.65. The second kappa shape index (κ2) is 9.51. The molecule has 1 fully saturated rings. The van der Waals surface area contributed by atoms with Crippen LogP contribution in [0.25, 0.3) is 10.2 Å². The van der Waals surface area contributed by atoms with E-state index in [0.29, 0.717) is 40.5 Å². The van der Waals surface area contributed by atoms with E-state index in [0.717, 1.165) is 39.9 Å². The Morgan fingerprint density at radius 3 is 2.73 bits per heavy atom. The van der Waals surface area contributed by atoms with Crippen molar-refractivity contribution in [3.63, 3.8) is 0 Å². The van der Waals surface area contributed by atoms with Gasteiger partial charge in [0.15, 0.2) is 5.13 Å². The molecule has 5 nitrogen and oxygen atoms in total. The van der Waals surface area contributed by atoms with Crippen LogP contribution in [0.15, 0.2) is 34.8 Å². The number of hydrogen-bond acceptors (Lipinski definition) is 5. The zero-order valence-corrected chi connectivity index (χ0v) is 20.2. The SMILES string of the molecule is Cc1c(Cl)ccc2sc(N(CCN3CCOCC3)C(=O)c3cc(Br)ccc3Cl)nc12. The number of thiazole rings is 1. The van der Waals surface area contributed by atoms with Crippen LogP contribution in [0, 0.1) is 6.92 Å². The minimum atomic E-state index is -0.169. The van der Waals surface area contributed by atoms with Gasteiger partial charge in [0, 0.05) is 35.7 Å². The maximum absolute atomic E-state index is 13.5. The summed E-state index contributed by atoms with van der Waals surface area (Å²) in [7, 11) is 0. The summed E-state index contributed by atoms with van der Waals surface area (Å²) in [6.45, 7) is 6.32. The Morgan fingerprint density at radius 1 is 1.23 bits per heavy atom. The number of carbonyl (C=O) groups excluding carboxylic acids is 1. The van der Waals surface area contributed by atoms with Gasteiger partial charge in [-0.15, -0.1) is 0 Å². The molecule has 1 aliphatic rings. The fourth-order valence-corrected chi connectivity index (χ4v) is 5.12. The van der Waals surface area contributed by atoms with Crippen LogP contribution >= 0.6 is 50.5 Å². The number of rotatable bonds is 5. The molecule has 0 radical (unpaired) electrons. The fourth-order valence-electron chi connectivity index (χ4n) is 3.36. The standard InChI is InChI=1S/C21H20BrCl2N3O2S/c1-13-16(23)4-5-18-19(13)25-21(30-18)27(7-6-26-8-10-29-11-9-26)20(28)15-12-14(22)2-3-17(15)24/h2-5,12H,6-11H2,1H3. The first-order chi connectivity index (χ1) is 14.4. The number of ether oxygens (including phenoxy) is 1. The van der Waals surface area contributed by atoms with Crippen LogP contribution in [0.2, 0.25) is 10.0 Å². The second-order valence-corrected chi connectivity index (χ2v) is 9.79. The van der Waals surface area contributed by atoms with Crippen LogP contribution in [0.5, 0.6) is 0 Å². The van der Waals surface area contributed by atoms with Gasteiger partial charge in [-0.1, -0.05) is 50.5 Å². The summed E-state index contributed by atoms with van der Waals surface area (Å²) in [4.78, 5) is 22.3. The molecule has 1 aromatic heterocycles. The van der Waals surface area contributed by atoms with Crippen molar-refractivity contribution in [1.82, 2.24) is 9.88 Å². The predicted molar refractivity (Wildman–Crippen MR) is 127 cm³/mol. The van der Waals surface area contributed by atoms with Gasteiger partial charge in [0.05, 0.1) is 34.0 Å². The molecule has 3 aromatic rings. The van der Waals surface area contributed by atoms with Crippen LogP contribution in [0.3, 0.4) is 0 Å². The highest BCUT2D eigenvalue weighted by Crippen LogP contribution is 2.35. The third-order valence-electron chi connectivity index (χ3n) is 5.11. The molecule has 30 heavy (non-hydrogen) atoms. The number of halogens is 3. The van der Waals surface area contributed by atoms with Crippen LogP contribution in [-0.2, 0) is 4.74 Å². The second-order valence-electron chi connectivity index (χ2n) is 7.05. The Bertz CT molecular complexity index is 1090. The minimum Gasteiger partial charge on any atom is -0.379 e. The summed E-state index contributed by atoms with van der Waals surface area (Å²) in [5, 5.41) is 1.73. The van der Waals surface area contributed by atoms with E-state index in [1.54, 1.807) is 17.0 Å². The lowest BCUT2D eigenvalue weighted by Gasteiger charge is -2.29. The summed E-state index contributed by atoms with van der Waals surface area (Å²) < 4.78 is 7.23. The van der Waals surface area contributed by atoms with Gasteiger partial charge in [0.1, 0.15) is 0 Å². The van der Waals surface area contributed by atoms with Gasteiger partial charge >= 0.3 is 0 Å². The number of hydrogen-bond donors (Lipinski definition) is 0. The summed E-state index contributed by atoms with van der Waals surface area (Å²) in [5.74, 6) is -0.169. The van der Waals surface area contributed by atoms with Crippen LogP contribution in [0.1, 0.15) is 15.9 Å². The van der Waals surface area contributed by atoms with Crippen molar-refractivity contribution in [2.45, 2.75) is 6.92 Å². The van der Waals surface area contributed by atoms with Gasteiger partial charge in [-0.25, -0.2) is 4.98 Å². The number of aryl methyl sites for hydroxylation is 1. The number of morpholine rings is 1. The Labute approximate surface area is 197 Å².